The Balaban J connectivity index is 1.52. The molecule has 1 aliphatic carbocycles. The number of amides is 1. The lowest BCUT2D eigenvalue weighted by Crippen LogP contribution is -2.24. The molecule has 1 aromatic carbocycles. The van der Waals surface area contributed by atoms with Gasteiger partial charge in [0.05, 0.1) is 5.25 Å². The van der Waals surface area contributed by atoms with E-state index in [4.69, 9.17) is 0 Å². The van der Waals surface area contributed by atoms with E-state index in [9.17, 15) is 4.79 Å². The van der Waals surface area contributed by atoms with Crippen LogP contribution in [0.2, 0.25) is 0 Å². The third kappa shape index (κ3) is 5.39. The Morgan fingerprint density at radius 3 is 2.74 bits per heavy atom. The molecule has 31 heavy (non-hydrogen) atoms. The zero-order valence-electron chi connectivity index (χ0n) is 18.4. The summed E-state index contributed by atoms with van der Waals surface area (Å²) in [5, 5.41) is 14.9. The van der Waals surface area contributed by atoms with E-state index in [1.54, 1.807) is 11.3 Å². The summed E-state index contributed by atoms with van der Waals surface area (Å²) in [7, 11) is 0. The van der Waals surface area contributed by atoms with Crippen LogP contribution in [-0.4, -0.2) is 25.9 Å². The van der Waals surface area contributed by atoms with E-state index in [0.29, 0.717) is 6.04 Å². The third-order valence-electron chi connectivity index (χ3n) is 5.88. The minimum Gasteiger partial charge on any atom is -0.325 e. The zero-order chi connectivity index (χ0) is 21.8. The lowest BCUT2D eigenvalue weighted by atomic mass is 9.95. The molecular formula is C24H30N4OS2. The molecule has 1 aliphatic rings. The van der Waals surface area contributed by atoms with Crippen molar-refractivity contribution < 1.29 is 4.79 Å². The molecule has 0 aliphatic heterocycles. The first-order chi connectivity index (χ1) is 15.0. The molecule has 0 bridgehead atoms. The van der Waals surface area contributed by atoms with Crippen molar-refractivity contribution in [1.82, 2.24) is 14.8 Å². The van der Waals surface area contributed by atoms with E-state index in [1.165, 1.54) is 41.5 Å². The summed E-state index contributed by atoms with van der Waals surface area (Å²) in [6.45, 7) is 6.03. The van der Waals surface area contributed by atoms with Gasteiger partial charge in [0, 0.05) is 23.0 Å². The SMILES string of the molecule is Cc1ccc(NC(=O)C(C)Sc2nnc(Cc3cccs3)n2C2CCCCC2)c(C)c1. The quantitative estimate of drug-likeness (QED) is 0.434. The van der Waals surface area contributed by atoms with E-state index in [2.05, 4.69) is 50.6 Å². The van der Waals surface area contributed by atoms with Crippen molar-refractivity contribution in [2.24, 2.45) is 0 Å². The maximum absolute atomic E-state index is 12.9. The zero-order valence-corrected chi connectivity index (χ0v) is 20.1. The maximum Gasteiger partial charge on any atom is 0.237 e. The molecule has 1 N–H and O–H groups in total. The molecule has 2 heterocycles. The van der Waals surface area contributed by atoms with Gasteiger partial charge in [0.2, 0.25) is 5.91 Å². The highest BCUT2D eigenvalue weighted by Gasteiger charge is 2.26. The number of thiophene rings is 1. The summed E-state index contributed by atoms with van der Waals surface area (Å²) in [6, 6.07) is 10.7. The highest BCUT2D eigenvalue weighted by Crippen LogP contribution is 2.35. The highest BCUT2D eigenvalue weighted by molar-refractivity contribution is 8.00. The molecular weight excluding hydrogens is 424 g/mol. The smallest absolute Gasteiger partial charge is 0.237 e. The van der Waals surface area contributed by atoms with Crippen LogP contribution in [0, 0.1) is 13.8 Å². The van der Waals surface area contributed by atoms with Crippen LogP contribution < -0.4 is 5.32 Å². The van der Waals surface area contributed by atoms with Gasteiger partial charge in [0.15, 0.2) is 5.16 Å². The number of hydrogen-bond acceptors (Lipinski definition) is 5. The van der Waals surface area contributed by atoms with Crippen molar-refractivity contribution in [3.8, 4) is 0 Å². The first-order valence-corrected chi connectivity index (χ1v) is 12.8. The predicted octanol–water partition coefficient (Wildman–Crippen LogP) is 6.17. The molecule has 7 heteroatoms. The van der Waals surface area contributed by atoms with E-state index >= 15 is 0 Å². The topological polar surface area (TPSA) is 59.8 Å². The Kier molecular flexibility index (Phi) is 7.13. The van der Waals surface area contributed by atoms with Gasteiger partial charge in [-0.15, -0.1) is 21.5 Å². The van der Waals surface area contributed by atoms with E-state index in [1.807, 2.05) is 26.0 Å². The molecule has 1 amide bonds. The van der Waals surface area contributed by atoms with Crippen LogP contribution in [0.15, 0.2) is 40.9 Å². The van der Waals surface area contributed by atoms with E-state index < -0.39 is 0 Å². The van der Waals surface area contributed by atoms with Crippen molar-refractivity contribution in [3.05, 3.63) is 57.5 Å². The molecule has 5 nitrogen and oxygen atoms in total. The van der Waals surface area contributed by atoms with Gasteiger partial charge in [-0.3, -0.25) is 4.79 Å². The van der Waals surface area contributed by atoms with Gasteiger partial charge in [-0.1, -0.05) is 54.8 Å². The van der Waals surface area contributed by atoms with Crippen molar-refractivity contribution in [2.45, 2.75) is 75.7 Å². The average Bonchev–Trinajstić information content (AvgIpc) is 3.41. The fraction of sp³-hybridized carbons (Fsp3) is 0.458. The van der Waals surface area contributed by atoms with Gasteiger partial charge in [-0.2, -0.15) is 0 Å². The molecule has 1 saturated carbocycles. The van der Waals surface area contributed by atoms with Crippen LogP contribution in [0.1, 0.15) is 66.9 Å². The molecule has 0 spiro atoms. The predicted molar refractivity (Wildman–Crippen MR) is 129 cm³/mol. The maximum atomic E-state index is 12.9. The summed E-state index contributed by atoms with van der Waals surface area (Å²) >= 11 is 3.27. The number of nitrogens with zero attached hydrogens (tertiary/aromatic N) is 3. The fourth-order valence-corrected chi connectivity index (χ4v) is 5.82. The summed E-state index contributed by atoms with van der Waals surface area (Å²) in [5.74, 6) is 1.01. The van der Waals surface area contributed by atoms with Crippen molar-refractivity contribution in [1.29, 1.82) is 0 Å². The summed E-state index contributed by atoms with van der Waals surface area (Å²) in [5.41, 5.74) is 3.14. The van der Waals surface area contributed by atoms with Gasteiger partial charge in [0.1, 0.15) is 5.82 Å². The highest BCUT2D eigenvalue weighted by atomic mass is 32.2. The second-order valence-electron chi connectivity index (χ2n) is 8.38. The number of benzene rings is 1. The largest absolute Gasteiger partial charge is 0.325 e. The Morgan fingerprint density at radius 1 is 1.23 bits per heavy atom. The fourth-order valence-electron chi connectivity index (χ4n) is 4.18. The Morgan fingerprint density at radius 2 is 2.03 bits per heavy atom. The summed E-state index contributed by atoms with van der Waals surface area (Å²) in [4.78, 5) is 14.2. The van der Waals surface area contributed by atoms with Crippen LogP contribution in [-0.2, 0) is 11.2 Å². The monoisotopic (exact) mass is 454 g/mol. The number of carbonyl (C=O) groups is 1. The Hall–Kier alpha value is -2.12. The number of nitrogens with one attached hydrogen (secondary N) is 1. The van der Waals surface area contributed by atoms with Crippen molar-refractivity contribution in [2.75, 3.05) is 5.32 Å². The standard InChI is InChI=1S/C24H30N4OS2/c1-16-11-12-21(17(2)14-16)25-23(29)18(3)31-24-27-26-22(15-20-10-7-13-30-20)28(24)19-8-5-4-6-9-19/h7,10-14,18-19H,4-6,8-9,15H2,1-3H3,(H,25,29). The number of hydrogen-bond donors (Lipinski definition) is 1. The molecule has 3 aromatic rings. The molecule has 0 saturated heterocycles. The van der Waals surface area contributed by atoms with Gasteiger partial charge < -0.3 is 9.88 Å². The number of carbonyl (C=O) groups excluding carboxylic acids is 1. The molecule has 1 fully saturated rings. The minimum absolute atomic E-state index is 0.00467. The number of anilines is 1. The van der Waals surface area contributed by atoms with E-state index in [-0.39, 0.29) is 11.2 Å². The van der Waals surface area contributed by atoms with Gasteiger partial charge in [-0.25, -0.2) is 0 Å². The van der Waals surface area contributed by atoms with E-state index in [0.717, 1.165) is 41.5 Å². The van der Waals surface area contributed by atoms with Crippen LogP contribution in [0.3, 0.4) is 0 Å². The van der Waals surface area contributed by atoms with Gasteiger partial charge >= 0.3 is 0 Å². The van der Waals surface area contributed by atoms with Crippen LogP contribution in [0.4, 0.5) is 5.69 Å². The Labute approximate surface area is 192 Å². The lowest BCUT2D eigenvalue weighted by molar-refractivity contribution is -0.115. The molecule has 2 aromatic heterocycles. The normalized spacial score (nSPS) is 15.7. The average molecular weight is 455 g/mol. The summed E-state index contributed by atoms with van der Waals surface area (Å²) in [6.07, 6.45) is 6.90. The molecule has 164 valence electrons. The van der Waals surface area contributed by atoms with Gasteiger partial charge in [0.25, 0.3) is 0 Å². The summed E-state index contributed by atoms with van der Waals surface area (Å²) < 4.78 is 2.32. The Bertz CT molecular complexity index is 1020. The third-order valence-corrected chi connectivity index (χ3v) is 7.81. The van der Waals surface area contributed by atoms with Crippen molar-refractivity contribution >= 4 is 34.7 Å². The van der Waals surface area contributed by atoms with Crippen LogP contribution >= 0.6 is 23.1 Å². The van der Waals surface area contributed by atoms with Crippen LogP contribution in [0.5, 0.6) is 0 Å². The molecule has 4 rings (SSSR count). The molecule has 0 radical (unpaired) electrons. The second-order valence-corrected chi connectivity index (χ2v) is 10.7. The number of thioether (sulfide) groups is 1. The minimum atomic E-state index is -0.262. The number of aromatic nitrogens is 3. The first kappa shape index (κ1) is 22.1. The number of rotatable bonds is 7. The van der Waals surface area contributed by atoms with Crippen molar-refractivity contribution in [3.63, 3.8) is 0 Å². The first-order valence-electron chi connectivity index (χ1n) is 11.0. The molecule has 1 atom stereocenters. The number of aryl methyl sites for hydroxylation is 2. The lowest BCUT2D eigenvalue weighted by Gasteiger charge is -2.26. The molecule has 1 unspecified atom stereocenters. The van der Waals surface area contributed by atoms with Gasteiger partial charge in [-0.05, 0) is 56.7 Å². The van der Waals surface area contributed by atoms with Crippen LogP contribution in [0.25, 0.3) is 0 Å². The second kappa shape index (κ2) is 10.0.